The van der Waals surface area contributed by atoms with Gasteiger partial charge in [0, 0.05) is 25.2 Å². The number of piperidine rings is 1. The predicted molar refractivity (Wildman–Crippen MR) is 73.0 cm³/mol. The van der Waals surface area contributed by atoms with E-state index in [1.807, 2.05) is 0 Å². The molecular formula is C15H21NO2. The Morgan fingerprint density at radius 1 is 1.28 bits per heavy atom. The Morgan fingerprint density at radius 2 is 1.89 bits per heavy atom. The van der Waals surface area contributed by atoms with E-state index >= 15 is 0 Å². The first-order chi connectivity index (χ1) is 8.65. The zero-order valence-electron chi connectivity index (χ0n) is 10.9. The van der Waals surface area contributed by atoms with Crippen LogP contribution in [0, 0.1) is 5.92 Å². The molecule has 1 aliphatic heterocycles. The van der Waals surface area contributed by atoms with Gasteiger partial charge in [0.1, 0.15) is 0 Å². The molecule has 18 heavy (non-hydrogen) atoms. The number of carboxylic acids is 1. The van der Waals surface area contributed by atoms with E-state index in [4.69, 9.17) is 5.11 Å². The first-order valence-corrected chi connectivity index (χ1v) is 6.71. The standard InChI is InChI=1S/C15H21NO2/c1-12-8-10-16(11-9-12)14-5-2-13(3-6-14)4-7-15(17)18/h2-3,5-6,12H,4,7-11H2,1H3,(H,17,18). The van der Waals surface area contributed by atoms with E-state index in [0.717, 1.165) is 24.6 Å². The van der Waals surface area contributed by atoms with Gasteiger partial charge in [-0.25, -0.2) is 0 Å². The van der Waals surface area contributed by atoms with Crippen LogP contribution in [-0.2, 0) is 11.2 Å². The van der Waals surface area contributed by atoms with Crippen LogP contribution in [0.25, 0.3) is 0 Å². The SMILES string of the molecule is CC1CCN(c2ccc(CCC(=O)O)cc2)CC1. The van der Waals surface area contributed by atoms with Gasteiger partial charge in [0.2, 0.25) is 0 Å². The van der Waals surface area contributed by atoms with Crippen LogP contribution >= 0.6 is 0 Å². The lowest BCUT2D eigenvalue weighted by atomic mass is 9.98. The van der Waals surface area contributed by atoms with Gasteiger partial charge < -0.3 is 10.0 Å². The molecule has 98 valence electrons. The molecule has 1 aromatic carbocycles. The monoisotopic (exact) mass is 247 g/mol. The van der Waals surface area contributed by atoms with Crippen molar-refractivity contribution in [2.24, 2.45) is 5.92 Å². The molecule has 0 amide bonds. The molecule has 0 bridgehead atoms. The third-order valence-electron chi connectivity index (χ3n) is 3.71. The molecule has 0 atom stereocenters. The maximum Gasteiger partial charge on any atom is 0.303 e. The predicted octanol–water partition coefficient (Wildman–Crippen LogP) is 2.94. The number of aryl methyl sites for hydroxylation is 1. The molecule has 1 aliphatic rings. The minimum absolute atomic E-state index is 0.209. The molecule has 1 fully saturated rings. The third-order valence-corrected chi connectivity index (χ3v) is 3.71. The van der Waals surface area contributed by atoms with Crippen molar-refractivity contribution >= 4 is 11.7 Å². The fourth-order valence-electron chi connectivity index (χ4n) is 2.39. The summed E-state index contributed by atoms with van der Waals surface area (Å²) in [5.74, 6) is 0.111. The molecule has 0 spiro atoms. The second-order valence-corrected chi connectivity index (χ2v) is 5.23. The normalized spacial score (nSPS) is 16.8. The van der Waals surface area contributed by atoms with Crippen molar-refractivity contribution < 1.29 is 9.90 Å². The minimum Gasteiger partial charge on any atom is -0.481 e. The summed E-state index contributed by atoms with van der Waals surface area (Å²) in [5.41, 5.74) is 2.37. The lowest BCUT2D eigenvalue weighted by Gasteiger charge is -2.32. The van der Waals surface area contributed by atoms with Crippen LogP contribution in [-0.4, -0.2) is 24.2 Å². The quantitative estimate of drug-likeness (QED) is 0.889. The van der Waals surface area contributed by atoms with E-state index in [-0.39, 0.29) is 6.42 Å². The zero-order valence-corrected chi connectivity index (χ0v) is 10.9. The van der Waals surface area contributed by atoms with E-state index in [9.17, 15) is 4.79 Å². The van der Waals surface area contributed by atoms with Crippen molar-refractivity contribution in [3.63, 3.8) is 0 Å². The average Bonchev–Trinajstić information content (AvgIpc) is 2.38. The highest BCUT2D eigenvalue weighted by atomic mass is 16.4. The molecule has 0 aromatic heterocycles. The third kappa shape index (κ3) is 3.49. The summed E-state index contributed by atoms with van der Waals surface area (Å²) in [5, 5.41) is 8.65. The Bertz CT molecular complexity index is 391. The molecular weight excluding hydrogens is 226 g/mol. The Labute approximate surface area is 108 Å². The highest BCUT2D eigenvalue weighted by Crippen LogP contribution is 2.23. The molecule has 3 nitrogen and oxygen atoms in total. The van der Waals surface area contributed by atoms with E-state index in [1.165, 1.54) is 18.5 Å². The summed E-state index contributed by atoms with van der Waals surface area (Å²) in [6.07, 6.45) is 3.36. The van der Waals surface area contributed by atoms with Gasteiger partial charge in [-0.15, -0.1) is 0 Å². The fraction of sp³-hybridized carbons (Fsp3) is 0.533. The van der Waals surface area contributed by atoms with Gasteiger partial charge in [0.05, 0.1) is 0 Å². The average molecular weight is 247 g/mol. The highest BCUT2D eigenvalue weighted by Gasteiger charge is 2.15. The summed E-state index contributed by atoms with van der Waals surface area (Å²) in [6.45, 7) is 4.58. The number of hydrogen-bond donors (Lipinski definition) is 1. The van der Waals surface area contributed by atoms with Crippen LogP contribution in [0.3, 0.4) is 0 Å². The molecule has 1 aromatic rings. The van der Waals surface area contributed by atoms with Crippen molar-refractivity contribution in [3.8, 4) is 0 Å². The first kappa shape index (κ1) is 12.9. The van der Waals surface area contributed by atoms with Crippen molar-refractivity contribution in [3.05, 3.63) is 29.8 Å². The molecule has 0 saturated carbocycles. The summed E-state index contributed by atoms with van der Waals surface area (Å²) in [6, 6.07) is 8.34. The van der Waals surface area contributed by atoms with E-state index in [0.29, 0.717) is 6.42 Å². The number of benzene rings is 1. The van der Waals surface area contributed by atoms with Crippen molar-refractivity contribution in [2.75, 3.05) is 18.0 Å². The molecule has 0 radical (unpaired) electrons. The number of aliphatic carboxylic acids is 1. The molecule has 1 heterocycles. The topological polar surface area (TPSA) is 40.5 Å². The molecule has 1 N–H and O–H groups in total. The van der Waals surface area contributed by atoms with Crippen molar-refractivity contribution in [2.45, 2.75) is 32.6 Å². The van der Waals surface area contributed by atoms with E-state index < -0.39 is 5.97 Å². The fourth-order valence-corrected chi connectivity index (χ4v) is 2.39. The van der Waals surface area contributed by atoms with Crippen molar-refractivity contribution in [1.82, 2.24) is 0 Å². The van der Waals surface area contributed by atoms with Gasteiger partial charge in [0.15, 0.2) is 0 Å². The Kier molecular flexibility index (Phi) is 4.24. The summed E-state index contributed by atoms with van der Waals surface area (Å²) in [7, 11) is 0. The van der Waals surface area contributed by atoms with Crippen LogP contribution in [0.15, 0.2) is 24.3 Å². The van der Waals surface area contributed by atoms with Crippen molar-refractivity contribution in [1.29, 1.82) is 0 Å². The van der Waals surface area contributed by atoms with Crippen LogP contribution in [0.1, 0.15) is 31.7 Å². The number of anilines is 1. The maximum absolute atomic E-state index is 10.5. The number of hydrogen-bond acceptors (Lipinski definition) is 2. The Hall–Kier alpha value is -1.51. The van der Waals surface area contributed by atoms with Gasteiger partial charge in [-0.1, -0.05) is 19.1 Å². The maximum atomic E-state index is 10.5. The van der Waals surface area contributed by atoms with Gasteiger partial charge in [-0.2, -0.15) is 0 Å². The van der Waals surface area contributed by atoms with Gasteiger partial charge in [0.25, 0.3) is 0 Å². The Morgan fingerprint density at radius 3 is 2.44 bits per heavy atom. The minimum atomic E-state index is -0.732. The number of carbonyl (C=O) groups is 1. The summed E-state index contributed by atoms with van der Waals surface area (Å²) in [4.78, 5) is 12.9. The highest BCUT2D eigenvalue weighted by molar-refractivity contribution is 5.67. The van der Waals surface area contributed by atoms with Gasteiger partial charge >= 0.3 is 5.97 Å². The second kappa shape index (κ2) is 5.89. The Balaban J connectivity index is 1.93. The molecule has 0 aliphatic carbocycles. The lowest BCUT2D eigenvalue weighted by molar-refractivity contribution is -0.136. The number of nitrogens with zero attached hydrogens (tertiary/aromatic N) is 1. The number of carboxylic acid groups (broad SMARTS) is 1. The molecule has 2 rings (SSSR count). The van der Waals surface area contributed by atoms with Crippen LogP contribution in [0.5, 0.6) is 0 Å². The summed E-state index contributed by atoms with van der Waals surface area (Å²) >= 11 is 0. The largest absolute Gasteiger partial charge is 0.481 e. The smallest absolute Gasteiger partial charge is 0.303 e. The van der Waals surface area contributed by atoms with E-state index in [1.54, 1.807) is 0 Å². The first-order valence-electron chi connectivity index (χ1n) is 6.71. The molecule has 3 heteroatoms. The number of rotatable bonds is 4. The molecule has 1 saturated heterocycles. The van der Waals surface area contributed by atoms with Gasteiger partial charge in [-0.3, -0.25) is 4.79 Å². The zero-order chi connectivity index (χ0) is 13.0. The lowest BCUT2D eigenvalue weighted by Crippen LogP contribution is -2.32. The van der Waals surface area contributed by atoms with Crippen LogP contribution < -0.4 is 4.90 Å². The van der Waals surface area contributed by atoms with E-state index in [2.05, 4.69) is 36.1 Å². The molecule has 0 unspecified atom stereocenters. The second-order valence-electron chi connectivity index (χ2n) is 5.23. The summed E-state index contributed by atoms with van der Waals surface area (Å²) < 4.78 is 0. The van der Waals surface area contributed by atoms with Crippen LogP contribution in [0.2, 0.25) is 0 Å². The van der Waals surface area contributed by atoms with Crippen LogP contribution in [0.4, 0.5) is 5.69 Å². The van der Waals surface area contributed by atoms with Gasteiger partial charge in [-0.05, 0) is 42.9 Å².